The zero-order chi connectivity index (χ0) is 34.4. The summed E-state index contributed by atoms with van der Waals surface area (Å²) in [4.78, 5) is 4.60. The molecule has 1 aliphatic carbocycles. The van der Waals surface area contributed by atoms with Crippen LogP contribution in [-0.2, 0) is 10.7 Å². The van der Waals surface area contributed by atoms with E-state index in [1.54, 1.807) is 11.1 Å². The van der Waals surface area contributed by atoms with E-state index < -0.39 is 39.2 Å². The molecule has 258 valence electrons. The molecule has 3 aromatic rings. The molecule has 46 heavy (non-hydrogen) atoms. The summed E-state index contributed by atoms with van der Waals surface area (Å²) in [6.07, 6.45) is 0. The average molecular weight is 799 g/mol. The Morgan fingerprint density at radius 1 is 0.717 bits per heavy atom. The van der Waals surface area contributed by atoms with Crippen LogP contribution in [0, 0.1) is 38.0 Å². The number of para-hydroxylation sites is 2. The summed E-state index contributed by atoms with van der Waals surface area (Å²) in [5, 5.41) is 1.47. The number of rotatable bonds is 10. The van der Waals surface area contributed by atoms with Crippen molar-refractivity contribution in [1.29, 1.82) is 0 Å². The van der Waals surface area contributed by atoms with Crippen molar-refractivity contribution in [3.63, 3.8) is 0 Å². The third-order valence-corrected chi connectivity index (χ3v) is 24.2. The molecule has 0 bridgehead atoms. The maximum absolute atomic E-state index is 6.49. The van der Waals surface area contributed by atoms with E-state index in [1.165, 1.54) is 50.0 Å². The molecule has 3 aromatic carbocycles. The van der Waals surface area contributed by atoms with Gasteiger partial charge in [0.05, 0.1) is 0 Å². The molecule has 0 heterocycles. The van der Waals surface area contributed by atoms with E-state index in [4.69, 9.17) is 4.74 Å². The molecule has 0 spiro atoms. The van der Waals surface area contributed by atoms with Gasteiger partial charge in [-0.05, 0) is 0 Å². The number of nitrogens with zero attached hydrogens (tertiary/aromatic N) is 2. The minimum atomic E-state index is -2.39. The van der Waals surface area contributed by atoms with Crippen molar-refractivity contribution in [2.75, 3.05) is 45.1 Å². The van der Waals surface area contributed by atoms with Gasteiger partial charge in [0.25, 0.3) is 0 Å². The zero-order valence-electron chi connectivity index (χ0n) is 31.2. The molecule has 0 saturated heterocycles. The van der Waals surface area contributed by atoms with Gasteiger partial charge in [-0.3, -0.25) is 0 Å². The molecule has 0 aromatic heterocycles. The van der Waals surface area contributed by atoms with Crippen molar-refractivity contribution in [3.8, 4) is 5.75 Å². The fourth-order valence-corrected chi connectivity index (χ4v) is 23.5. The van der Waals surface area contributed by atoms with Gasteiger partial charge in [0.15, 0.2) is 0 Å². The molecule has 3 nitrogen and oxygen atoms in total. The van der Waals surface area contributed by atoms with Gasteiger partial charge >= 0.3 is 297 Å². The number of methoxy groups -OCH3 is 1. The molecule has 0 amide bonds. The molecule has 0 atom stereocenters. The molecule has 0 N–H and O–H groups in total. The summed E-state index contributed by atoms with van der Waals surface area (Å²) in [5.41, 5.74) is 14.4. The number of hydrogen-bond acceptors (Lipinski definition) is 3. The van der Waals surface area contributed by atoms with Gasteiger partial charge in [0, 0.05) is 0 Å². The van der Waals surface area contributed by atoms with Crippen LogP contribution in [0.3, 0.4) is 0 Å². The van der Waals surface area contributed by atoms with Gasteiger partial charge in [0.2, 0.25) is 0 Å². The Hall–Kier alpha value is -2.01. The number of aryl methyl sites for hydroxylation is 1. The molecule has 5 heteroatoms. The first kappa shape index (κ1) is 36.8. The van der Waals surface area contributed by atoms with Gasteiger partial charge in [0.1, 0.15) is 0 Å². The molecular formula is C41H59LuN2OSi. The monoisotopic (exact) mass is 798 g/mol. The maximum atomic E-state index is 6.49. The van der Waals surface area contributed by atoms with Gasteiger partial charge < -0.3 is 0 Å². The summed E-state index contributed by atoms with van der Waals surface area (Å²) in [7, 11) is 8.25. The summed E-state index contributed by atoms with van der Waals surface area (Å²) in [5.74, 6) is 1.11. The van der Waals surface area contributed by atoms with Gasteiger partial charge in [-0.1, -0.05) is 0 Å². The molecule has 1 aliphatic rings. The van der Waals surface area contributed by atoms with Crippen LogP contribution in [0.4, 0.5) is 11.4 Å². The van der Waals surface area contributed by atoms with E-state index in [9.17, 15) is 0 Å². The Morgan fingerprint density at radius 2 is 1.15 bits per heavy atom. The Balaban J connectivity index is 2.14. The molecule has 0 radical (unpaired) electrons. The zero-order valence-corrected chi connectivity index (χ0v) is 33.9. The fraction of sp³-hybridized carbons (Fsp3) is 0.463. The minimum absolute atomic E-state index is 0.0176. The molecule has 0 aliphatic heterocycles. The van der Waals surface area contributed by atoms with E-state index in [1.807, 2.05) is 7.11 Å². The van der Waals surface area contributed by atoms with E-state index in [0.29, 0.717) is 0 Å². The predicted molar refractivity (Wildman–Crippen MR) is 202 cm³/mol. The van der Waals surface area contributed by atoms with Crippen molar-refractivity contribution >= 4 is 24.6 Å². The SMILES string of the molecule is COc1c(C(C)(C)C)cc(C)cc1[Si](C)(C)[C]1([Lu]([CH2]c2ccccc2N(C)C)[CH2]c2ccccc2N(C)C)C(C)=C(C)C(C)=C1C. The number of hydrogen-bond donors (Lipinski definition) is 0. The Morgan fingerprint density at radius 3 is 1.54 bits per heavy atom. The van der Waals surface area contributed by atoms with E-state index >= 15 is 0 Å². The van der Waals surface area contributed by atoms with Crippen LogP contribution in [-0.4, -0.2) is 43.4 Å². The first-order valence-corrected chi connectivity index (χ1v) is 22.5. The number of benzene rings is 3. The molecule has 0 unspecified atom stereocenters. The van der Waals surface area contributed by atoms with Gasteiger partial charge in [-0.2, -0.15) is 0 Å². The Bertz CT molecular complexity index is 1580. The topological polar surface area (TPSA) is 15.7 Å². The van der Waals surface area contributed by atoms with Crippen LogP contribution in [0.25, 0.3) is 0 Å². The van der Waals surface area contributed by atoms with Crippen LogP contribution < -0.4 is 19.7 Å². The van der Waals surface area contributed by atoms with Crippen molar-refractivity contribution in [1.82, 2.24) is 0 Å². The van der Waals surface area contributed by atoms with E-state index in [2.05, 4.69) is 167 Å². The molecule has 0 fully saturated rings. The van der Waals surface area contributed by atoms with Crippen LogP contribution in [0.5, 0.6) is 5.75 Å². The molecule has 0 saturated carbocycles. The standard InChI is InChI=1S/C23H35OSi.2C9H12N.Lu/c1-14-12-19(23(6,7)8)21(24-9)20(13-14)25(10,11)22-17(4)15(2)16(3)18(22)5;2*1-8-6-4-5-7-9(8)10(2)3;/h12-13H,1-11H3;2*4-7H,1H2,2-3H3;. The Labute approximate surface area is 294 Å². The van der Waals surface area contributed by atoms with E-state index in [-0.39, 0.29) is 6.67 Å². The number of anilines is 2. The average Bonchev–Trinajstić information content (AvgIpc) is 3.16. The first-order chi connectivity index (χ1) is 21.4. The Kier molecular flexibility index (Phi) is 11.1. The third kappa shape index (κ3) is 6.40. The van der Waals surface area contributed by atoms with Crippen molar-refractivity contribution in [2.45, 2.75) is 80.4 Å². The van der Waals surface area contributed by atoms with Crippen molar-refractivity contribution < 1.29 is 35.9 Å². The number of allylic oxidation sites excluding steroid dienone is 4. The molecule has 4 rings (SSSR count). The number of ether oxygens (including phenoxy) is 1. The fourth-order valence-electron chi connectivity index (χ4n) is 7.39. The summed E-state index contributed by atoms with van der Waals surface area (Å²) >= 11 is -1.35. The third-order valence-electron chi connectivity index (χ3n) is 9.97. The molecular weight excluding hydrogens is 740 g/mol. The normalized spacial score (nSPS) is 15.4. The van der Waals surface area contributed by atoms with Crippen LogP contribution in [0.15, 0.2) is 83.0 Å². The van der Waals surface area contributed by atoms with Crippen molar-refractivity contribution in [2.24, 2.45) is 0 Å². The van der Waals surface area contributed by atoms with Gasteiger partial charge in [-0.15, -0.1) is 0 Å². The summed E-state index contributed by atoms with van der Waals surface area (Å²) in [6.45, 7) is 24.3. The second-order valence-corrected chi connectivity index (χ2v) is 24.5. The van der Waals surface area contributed by atoms with Crippen LogP contribution >= 0.6 is 0 Å². The quantitative estimate of drug-likeness (QED) is 0.190. The first-order valence-electron chi connectivity index (χ1n) is 16.4. The predicted octanol–water partition coefficient (Wildman–Crippen LogP) is 9.75. The van der Waals surface area contributed by atoms with Crippen molar-refractivity contribution in [3.05, 3.63) is 105 Å². The summed E-state index contributed by atoms with van der Waals surface area (Å²) < 4.78 is 8.67. The van der Waals surface area contributed by atoms with Crippen LogP contribution in [0.2, 0.25) is 14.4 Å². The second-order valence-electron chi connectivity index (χ2n) is 14.9. The summed E-state index contributed by atoms with van der Waals surface area (Å²) in [6, 6.07) is 23.1. The van der Waals surface area contributed by atoms with Gasteiger partial charge in [-0.25, -0.2) is 0 Å². The van der Waals surface area contributed by atoms with Crippen LogP contribution in [0.1, 0.15) is 70.7 Å². The van der Waals surface area contributed by atoms with E-state index in [0.717, 1.165) is 11.0 Å². The second kappa shape index (κ2) is 13.8.